The molecule has 0 aliphatic carbocycles. The molecule has 0 spiro atoms. The molecule has 1 amide bonds. The first-order valence-corrected chi connectivity index (χ1v) is 11.7. The van der Waals surface area contributed by atoms with E-state index in [2.05, 4.69) is 15.6 Å². The number of hydrogen-bond donors (Lipinski definition) is 1. The first-order valence-electron chi connectivity index (χ1n) is 11.7. The van der Waals surface area contributed by atoms with Crippen LogP contribution in [0.5, 0.6) is 0 Å². The number of carbonyl (C=O) groups is 1. The summed E-state index contributed by atoms with van der Waals surface area (Å²) in [6.45, 7) is 12.4. The molecule has 3 rings (SSSR count). The van der Waals surface area contributed by atoms with Crippen LogP contribution in [0.4, 0.5) is 5.69 Å². The predicted molar refractivity (Wildman–Crippen MR) is 137 cm³/mol. The van der Waals surface area contributed by atoms with Crippen molar-refractivity contribution in [2.45, 2.75) is 67.0 Å². The number of oxime groups is 1. The number of allylic oxidation sites excluding steroid dienone is 5. The van der Waals surface area contributed by atoms with Crippen LogP contribution < -0.4 is 10.9 Å². The molecule has 0 saturated heterocycles. The maximum atomic E-state index is 12.9. The summed E-state index contributed by atoms with van der Waals surface area (Å²) in [4.78, 5) is 31.0. The average molecular weight is 469 g/mol. The molecule has 1 atom stereocenters. The van der Waals surface area contributed by atoms with Crippen LogP contribution in [0.2, 0.25) is 0 Å². The second-order valence-corrected chi connectivity index (χ2v) is 7.52. The van der Waals surface area contributed by atoms with Gasteiger partial charge in [-0.05, 0) is 34.1 Å². The monoisotopic (exact) mass is 468 g/mol. The molecule has 2 aromatic heterocycles. The van der Waals surface area contributed by atoms with Crippen molar-refractivity contribution in [1.29, 1.82) is 0 Å². The second-order valence-electron chi connectivity index (χ2n) is 7.52. The molecule has 34 heavy (non-hydrogen) atoms. The fourth-order valence-corrected chi connectivity index (χ4v) is 3.39. The summed E-state index contributed by atoms with van der Waals surface area (Å²) in [5, 5.41) is 11.2. The topological polar surface area (TPSA) is 95.4 Å². The molecule has 1 unspecified atom stereocenters. The molecule has 1 aliphatic rings. The van der Waals surface area contributed by atoms with E-state index in [1.165, 1.54) is 4.68 Å². The smallest absolute Gasteiger partial charge is 0.294 e. The van der Waals surface area contributed by atoms with Crippen LogP contribution in [0.25, 0.3) is 6.20 Å². The van der Waals surface area contributed by atoms with Crippen LogP contribution in [0.15, 0.2) is 46.5 Å². The molecule has 0 fully saturated rings. The summed E-state index contributed by atoms with van der Waals surface area (Å²) in [6, 6.07) is 0. The van der Waals surface area contributed by atoms with Gasteiger partial charge in [0.2, 0.25) is 6.10 Å². The van der Waals surface area contributed by atoms with Gasteiger partial charge in [0.1, 0.15) is 5.69 Å². The number of rotatable bonds is 8. The van der Waals surface area contributed by atoms with Gasteiger partial charge in [0.15, 0.2) is 0 Å². The van der Waals surface area contributed by atoms with Crippen LogP contribution in [-0.4, -0.2) is 36.9 Å². The zero-order valence-corrected chi connectivity index (χ0v) is 21.2. The third-order valence-electron chi connectivity index (χ3n) is 5.34. The Morgan fingerprint density at radius 2 is 2.00 bits per heavy atom. The minimum atomic E-state index is -0.797. The van der Waals surface area contributed by atoms with E-state index >= 15 is 0 Å². The Balaban J connectivity index is 0.00000199. The molecule has 2 aromatic rings. The number of carbonyl (C=O) groups excluding carboxylic acids is 1. The van der Waals surface area contributed by atoms with Gasteiger partial charge >= 0.3 is 0 Å². The van der Waals surface area contributed by atoms with Crippen LogP contribution in [0.3, 0.4) is 0 Å². The lowest BCUT2D eigenvalue weighted by atomic mass is 10.1. The Kier molecular flexibility index (Phi) is 9.85. The summed E-state index contributed by atoms with van der Waals surface area (Å²) in [5.74, 6) is -0.402. The Morgan fingerprint density at radius 3 is 2.65 bits per heavy atom. The van der Waals surface area contributed by atoms with Gasteiger partial charge in [-0.3, -0.25) is 19.0 Å². The zero-order chi connectivity index (χ0) is 25.3. The Morgan fingerprint density at radius 1 is 1.26 bits per heavy atom. The fourth-order valence-electron chi connectivity index (χ4n) is 3.39. The quantitative estimate of drug-likeness (QED) is 0.588. The van der Waals surface area contributed by atoms with Crippen molar-refractivity contribution in [3.63, 3.8) is 0 Å². The molecule has 0 aromatic carbocycles. The minimum absolute atomic E-state index is 0.235. The van der Waals surface area contributed by atoms with Crippen molar-refractivity contribution in [1.82, 2.24) is 19.1 Å². The molecule has 0 bridgehead atoms. The van der Waals surface area contributed by atoms with Crippen molar-refractivity contribution < 1.29 is 9.63 Å². The molecule has 3 heterocycles. The first-order chi connectivity index (χ1) is 16.4. The van der Waals surface area contributed by atoms with Gasteiger partial charge in [-0.1, -0.05) is 49.4 Å². The van der Waals surface area contributed by atoms with Gasteiger partial charge in [0.25, 0.3) is 11.5 Å². The molecular formula is C25H36N6O3. The van der Waals surface area contributed by atoms with Crippen molar-refractivity contribution >= 4 is 23.5 Å². The maximum absolute atomic E-state index is 12.9. The normalized spacial score (nSPS) is 15.6. The Hall–Kier alpha value is -3.62. The number of nitrogens with zero attached hydrogens (tertiary/aromatic N) is 5. The van der Waals surface area contributed by atoms with E-state index in [9.17, 15) is 9.59 Å². The zero-order valence-electron chi connectivity index (χ0n) is 21.2. The Labute approximate surface area is 201 Å². The SMILES string of the molecule is C/C=C\C=CC/C=C/n1c(=O)c(NC(=O)C2CC(c3cn(CC)nc3C)=NO2)c(C)n1C.CC. The molecule has 184 valence electrons. The number of amides is 1. The molecule has 9 heteroatoms. The van der Waals surface area contributed by atoms with E-state index in [0.29, 0.717) is 24.2 Å². The highest BCUT2D eigenvalue weighted by atomic mass is 16.6. The largest absolute Gasteiger partial charge is 0.382 e. The summed E-state index contributed by atoms with van der Waals surface area (Å²) >= 11 is 0. The third-order valence-corrected chi connectivity index (χ3v) is 5.34. The van der Waals surface area contributed by atoms with Crippen molar-refractivity contribution in [2.75, 3.05) is 5.32 Å². The van der Waals surface area contributed by atoms with Crippen LogP contribution in [0, 0.1) is 13.8 Å². The van der Waals surface area contributed by atoms with E-state index in [0.717, 1.165) is 17.8 Å². The van der Waals surface area contributed by atoms with E-state index in [4.69, 9.17) is 4.84 Å². The lowest BCUT2D eigenvalue weighted by Crippen LogP contribution is -2.30. The van der Waals surface area contributed by atoms with Gasteiger partial charge in [0.05, 0.1) is 17.1 Å². The van der Waals surface area contributed by atoms with Crippen molar-refractivity contribution in [2.24, 2.45) is 12.2 Å². The highest BCUT2D eigenvalue weighted by Gasteiger charge is 2.31. The molecule has 1 N–H and O–H groups in total. The van der Waals surface area contributed by atoms with Crippen molar-refractivity contribution in [3.8, 4) is 0 Å². The summed E-state index contributed by atoms with van der Waals surface area (Å²) in [7, 11) is 1.77. The minimum Gasteiger partial charge on any atom is -0.382 e. The van der Waals surface area contributed by atoms with E-state index < -0.39 is 12.0 Å². The van der Waals surface area contributed by atoms with Gasteiger partial charge in [0, 0.05) is 38.0 Å². The standard InChI is InChI=1S/C23H30N6O3.C2H6/c1-6-8-9-10-11-12-13-29-23(31)21(17(4)27(29)5)24-22(30)20-14-19(26-32-20)18-15-28(7-2)25-16(18)3;1-2/h6,8-10,12-13,15,20H,7,11,14H2,1-5H3,(H,24,30);1-2H3/b8-6-,10-9?,13-12+;. The number of hydrogen-bond acceptors (Lipinski definition) is 5. The number of aryl methyl sites for hydroxylation is 2. The number of anilines is 1. The molecule has 1 aliphatic heterocycles. The highest BCUT2D eigenvalue weighted by molar-refractivity contribution is 6.06. The van der Waals surface area contributed by atoms with Gasteiger partial charge < -0.3 is 10.2 Å². The van der Waals surface area contributed by atoms with Gasteiger partial charge in [-0.25, -0.2) is 4.68 Å². The van der Waals surface area contributed by atoms with Gasteiger partial charge in [-0.15, -0.1) is 0 Å². The summed E-state index contributed by atoms with van der Waals surface area (Å²) in [6.07, 6.45) is 13.5. The van der Waals surface area contributed by atoms with E-state index in [1.54, 1.807) is 24.9 Å². The maximum Gasteiger partial charge on any atom is 0.294 e. The van der Waals surface area contributed by atoms with Crippen molar-refractivity contribution in [3.05, 3.63) is 63.9 Å². The second kappa shape index (κ2) is 12.6. The summed E-state index contributed by atoms with van der Waals surface area (Å²) < 4.78 is 4.98. The molecule has 0 saturated carbocycles. The first kappa shape index (κ1) is 26.6. The Bertz CT molecular complexity index is 1160. The van der Waals surface area contributed by atoms with Crippen LogP contribution >= 0.6 is 0 Å². The van der Waals surface area contributed by atoms with Gasteiger partial charge in [-0.2, -0.15) is 5.10 Å². The lowest BCUT2D eigenvalue weighted by Gasteiger charge is -2.08. The number of nitrogens with one attached hydrogen (secondary N) is 1. The fraction of sp³-hybridized carbons (Fsp3) is 0.440. The van der Waals surface area contributed by atoms with E-state index in [-0.39, 0.29) is 11.2 Å². The summed E-state index contributed by atoms with van der Waals surface area (Å²) in [5.41, 5.74) is 2.97. The molecule has 9 nitrogen and oxygen atoms in total. The highest BCUT2D eigenvalue weighted by Crippen LogP contribution is 2.20. The van der Waals surface area contributed by atoms with E-state index in [1.807, 2.05) is 75.9 Å². The van der Waals surface area contributed by atoms with Crippen LogP contribution in [0.1, 0.15) is 57.5 Å². The molecular weight excluding hydrogens is 432 g/mol. The third kappa shape index (κ3) is 6.03. The lowest BCUT2D eigenvalue weighted by molar-refractivity contribution is -0.125. The average Bonchev–Trinajstić information content (AvgIpc) is 3.52. The number of aromatic nitrogens is 4. The molecule has 0 radical (unpaired) electrons. The van der Waals surface area contributed by atoms with Crippen LogP contribution in [-0.2, 0) is 23.2 Å². The predicted octanol–water partition coefficient (Wildman–Crippen LogP) is 4.17.